The maximum Gasteiger partial charge on any atom is 0.512 e. The van der Waals surface area contributed by atoms with Crippen LogP contribution in [0.15, 0.2) is 17.0 Å². The largest absolute Gasteiger partial charge is 0.512 e. The third-order valence-electron chi connectivity index (χ3n) is 2.82. The summed E-state index contributed by atoms with van der Waals surface area (Å²) in [5.74, 6) is 0. The van der Waals surface area contributed by atoms with Crippen LogP contribution in [0, 0.1) is 0 Å². The maximum atomic E-state index is 13.0. The van der Waals surface area contributed by atoms with Gasteiger partial charge in [-0.15, -0.1) is 0 Å². The predicted molar refractivity (Wildman–Crippen MR) is 74.9 cm³/mol. The maximum absolute atomic E-state index is 13.0. The second kappa shape index (κ2) is 8.62. The van der Waals surface area contributed by atoms with Crippen molar-refractivity contribution in [2.75, 3.05) is 7.11 Å². The minimum absolute atomic E-state index is 0.390. The lowest BCUT2D eigenvalue weighted by Gasteiger charge is -2.21. The van der Waals surface area contributed by atoms with Crippen molar-refractivity contribution in [2.24, 2.45) is 0 Å². The molecule has 0 radical (unpaired) electrons. The SMILES string of the molecule is CO.O=S(=O)(NS(=O)(=O)C(F)(F)F)c1c(C(F)(F)F)cc(C(F)(F)F)cc1C(F)(F)F. The summed E-state index contributed by atoms with van der Waals surface area (Å²) in [7, 11) is -12.9. The molecule has 2 N–H and O–H groups in total. The summed E-state index contributed by atoms with van der Waals surface area (Å²) in [5.41, 5.74) is -15.5. The van der Waals surface area contributed by atoms with Crippen molar-refractivity contribution in [1.82, 2.24) is 4.13 Å². The first-order chi connectivity index (χ1) is 13.4. The Kier molecular flexibility index (Phi) is 8.12. The van der Waals surface area contributed by atoms with E-state index in [1.165, 1.54) is 0 Å². The van der Waals surface area contributed by atoms with E-state index in [1.54, 1.807) is 0 Å². The molecule has 0 spiro atoms. The summed E-state index contributed by atoms with van der Waals surface area (Å²) in [4.78, 5) is -3.18. The van der Waals surface area contributed by atoms with Crippen LogP contribution in [-0.4, -0.2) is 34.6 Å². The van der Waals surface area contributed by atoms with Crippen LogP contribution in [-0.2, 0) is 38.6 Å². The Labute approximate surface area is 164 Å². The van der Waals surface area contributed by atoms with Crippen molar-refractivity contribution in [3.05, 3.63) is 28.8 Å². The number of alkyl halides is 12. The molecule has 0 bridgehead atoms. The third kappa shape index (κ3) is 6.84. The van der Waals surface area contributed by atoms with Crippen molar-refractivity contribution < 1.29 is 74.6 Å². The lowest BCUT2D eigenvalue weighted by atomic mass is 10.0. The second-order valence-corrected chi connectivity index (χ2v) is 8.48. The van der Waals surface area contributed by atoms with Gasteiger partial charge in [0.2, 0.25) is 0 Å². The number of aliphatic hydroxyl groups excluding tert-OH is 1. The van der Waals surface area contributed by atoms with Gasteiger partial charge in [-0.2, -0.15) is 52.7 Å². The van der Waals surface area contributed by atoms with Crippen molar-refractivity contribution in [3.63, 3.8) is 0 Å². The molecule has 0 atom stereocenters. The van der Waals surface area contributed by atoms with E-state index in [0.29, 0.717) is 0 Å². The van der Waals surface area contributed by atoms with Gasteiger partial charge in [-0.25, -0.2) is 16.8 Å². The Morgan fingerprint density at radius 1 is 0.677 bits per heavy atom. The molecule has 1 rings (SSSR count). The fourth-order valence-electron chi connectivity index (χ4n) is 1.74. The molecule has 31 heavy (non-hydrogen) atoms. The van der Waals surface area contributed by atoms with Gasteiger partial charge in [0.15, 0.2) is 0 Å². The molecule has 0 amide bonds. The summed E-state index contributed by atoms with van der Waals surface area (Å²) in [5, 5.41) is 7.00. The number of aliphatic hydroxyl groups is 1. The number of nitrogens with one attached hydrogen (secondary N) is 1. The number of halogens is 12. The quantitative estimate of drug-likeness (QED) is 0.589. The summed E-state index contributed by atoms with van der Waals surface area (Å²) < 4.78 is 197. The van der Waals surface area contributed by atoms with Crippen LogP contribution in [0.2, 0.25) is 0 Å². The van der Waals surface area contributed by atoms with Crippen molar-refractivity contribution in [1.29, 1.82) is 0 Å². The molecule has 182 valence electrons. The number of benzene rings is 1. The van der Waals surface area contributed by atoms with E-state index < -0.39 is 77.8 Å². The van der Waals surface area contributed by atoms with Crippen LogP contribution in [0.25, 0.3) is 0 Å². The molecular formula is C11H7F12NO5S2. The standard InChI is InChI=1S/C10H3F12NO4S2.CH4O/c11-7(12,13)3-1-4(8(14,15)16)6(5(2-3)9(17,18)19)28(24,25)23-29(26,27)10(20,21)22;1-2/h1-2,23H;2H,1H3. The van der Waals surface area contributed by atoms with Crippen molar-refractivity contribution in [3.8, 4) is 0 Å². The molecule has 0 fully saturated rings. The smallest absolute Gasteiger partial charge is 0.400 e. The predicted octanol–water partition coefficient (Wildman–Crippen LogP) is 3.48. The number of sulfonamides is 2. The third-order valence-corrected chi connectivity index (χ3v) is 6.16. The summed E-state index contributed by atoms with van der Waals surface area (Å²) in [6, 6.07) is -2.24. The first-order valence-electron chi connectivity index (χ1n) is 6.60. The summed E-state index contributed by atoms with van der Waals surface area (Å²) in [6.45, 7) is 0. The van der Waals surface area contributed by atoms with E-state index in [0.717, 1.165) is 7.11 Å². The van der Waals surface area contributed by atoms with Gasteiger partial charge in [-0.3, -0.25) is 0 Å². The molecule has 0 saturated carbocycles. The lowest BCUT2D eigenvalue weighted by molar-refractivity contribution is -0.152. The van der Waals surface area contributed by atoms with Crippen LogP contribution in [0.4, 0.5) is 52.7 Å². The normalized spacial score (nSPS) is 14.1. The molecule has 0 saturated heterocycles. The van der Waals surface area contributed by atoms with Crippen LogP contribution < -0.4 is 4.13 Å². The van der Waals surface area contributed by atoms with Crippen LogP contribution in [0.5, 0.6) is 0 Å². The molecule has 1 aromatic carbocycles. The molecule has 20 heteroatoms. The van der Waals surface area contributed by atoms with Crippen molar-refractivity contribution in [2.45, 2.75) is 28.9 Å². The molecule has 0 aromatic heterocycles. The van der Waals surface area contributed by atoms with Crippen LogP contribution in [0.1, 0.15) is 16.7 Å². The highest BCUT2D eigenvalue weighted by atomic mass is 32.3. The van der Waals surface area contributed by atoms with Gasteiger partial charge >= 0.3 is 34.1 Å². The summed E-state index contributed by atoms with van der Waals surface area (Å²) in [6.07, 6.45) is -18.4. The van der Waals surface area contributed by atoms with E-state index >= 15 is 0 Å². The number of hydrogen-bond donors (Lipinski definition) is 2. The van der Waals surface area contributed by atoms with E-state index in [2.05, 4.69) is 0 Å². The minimum Gasteiger partial charge on any atom is -0.400 e. The molecule has 0 aliphatic heterocycles. The molecule has 1 aromatic rings. The number of hydrogen-bond acceptors (Lipinski definition) is 5. The van der Waals surface area contributed by atoms with Gasteiger partial charge < -0.3 is 5.11 Å². The molecule has 6 nitrogen and oxygen atoms in total. The zero-order chi connectivity index (χ0) is 25.4. The Bertz CT molecular complexity index is 968. The summed E-state index contributed by atoms with van der Waals surface area (Å²) >= 11 is 0. The molecular weight excluding hydrogens is 518 g/mol. The van der Waals surface area contributed by atoms with E-state index in [4.69, 9.17) is 5.11 Å². The van der Waals surface area contributed by atoms with Gasteiger partial charge in [0.05, 0.1) is 16.7 Å². The average Bonchev–Trinajstić information content (AvgIpc) is 2.51. The topological polar surface area (TPSA) is 101 Å². The van der Waals surface area contributed by atoms with Gasteiger partial charge in [-0.1, -0.05) is 4.13 Å². The van der Waals surface area contributed by atoms with Crippen LogP contribution >= 0.6 is 0 Å². The van der Waals surface area contributed by atoms with Gasteiger partial charge in [0, 0.05) is 7.11 Å². The van der Waals surface area contributed by atoms with E-state index in [9.17, 15) is 69.5 Å². The monoisotopic (exact) mass is 525 g/mol. The Morgan fingerprint density at radius 3 is 1.23 bits per heavy atom. The number of rotatable bonds is 3. The average molecular weight is 525 g/mol. The van der Waals surface area contributed by atoms with Crippen molar-refractivity contribution >= 4 is 20.0 Å². The Morgan fingerprint density at radius 2 is 1.00 bits per heavy atom. The van der Waals surface area contributed by atoms with E-state index in [1.807, 2.05) is 0 Å². The van der Waals surface area contributed by atoms with Gasteiger partial charge in [0.1, 0.15) is 4.90 Å². The first-order valence-corrected chi connectivity index (χ1v) is 9.57. The first kappa shape index (κ1) is 29.2. The van der Waals surface area contributed by atoms with Gasteiger partial charge in [0.25, 0.3) is 10.0 Å². The Hall–Kier alpha value is -1.80. The molecule has 0 aliphatic rings. The Balaban J connectivity index is 0.00000436. The minimum atomic E-state index is -7.06. The second-order valence-electron chi connectivity index (χ2n) is 4.93. The molecule has 0 heterocycles. The molecule has 0 aliphatic carbocycles. The van der Waals surface area contributed by atoms with E-state index in [-0.39, 0.29) is 4.13 Å². The zero-order valence-corrected chi connectivity index (χ0v) is 15.7. The zero-order valence-electron chi connectivity index (χ0n) is 14.1. The highest BCUT2D eigenvalue weighted by Crippen LogP contribution is 2.45. The highest BCUT2D eigenvalue weighted by Gasteiger charge is 2.52. The molecule has 0 unspecified atom stereocenters. The highest BCUT2D eigenvalue weighted by molar-refractivity contribution is 8.05. The fraction of sp³-hybridized carbons (Fsp3) is 0.455. The fourth-order valence-corrected chi connectivity index (χ4v) is 4.53. The van der Waals surface area contributed by atoms with Gasteiger partial charge in [-0.05, 0) is 12.1 Å². The van der Waals surface area contributed by atoms with Crippen LogP contribution in [0.3, 0.4) is 0 Å². The lowest BCUT2D eigenvalue weighted by Crippen LogP contribution is -2.41.